The summed E-state index contributed by atoms with van der Waals surface area (Å²) in [5.74, 6) is -0.805. The number of hydrogen-bond acceptors (Lipinski definition) is 12. The minimum atomic E-state index is -0.639. The van der Waals surface area contributed by atoms with E-state index in [-0.39, 0.29) is 36.0 Å². The number of carbonyl (C=O) groups excluding carboxylic acids is 5. The molecule has 0 aliphatic carbocycles. The van der Waals surface area contributed by atoms with Crippen LogP contribution in [0.4, 0.5) is 0 Å². The second-order valence-electron chi connectivity index (χ2n) is 11.6. The lowest BCUT2D eigenvalue weighted by molar-refractivity contribution is -0.139. The van der Waals surface area contributed by atoms with Gasteiger partial charge >= 0.3 is 29.8 Å². The average molecular weight is 737 g/mol. The Kier molecular flexibility index (Phi) is 15.6. The number of rotatable bonds is 20. The Morgan fingerprint density at radius 2 is 0.796 bits per heavy atom. The van der Waals surface area contributed by atoms with E-state index in [0.717, 1.165) is 6.08 Å². The summed E-state index contributed by atoms with van der Waals surface area (Å²) in [6.07, 6.45) is 3.76. The van der Waals surface area contributed by atoms with Crippen molar-refractivity contribution in [2.75, 3.05) is 26.4 Å². The molecular formula is C42H40O12. The van der Waals surface area contributed by atoms with Crippen LogP contribution in [0.2, 0.25) is 0 Å². The summed E-state index contributed by atoms with van der Waals surface area (Å²) in [5.41, 5.74) is 1.21. The molecule has 54 heavy (non-hydrogen) atoms. The van der Waals surface area contributed by atoms with E-state index in [0.29, 0.717) is 67.1 Å². The molecule has 0 bridgehead atoms. The van der Waals surface area contributed by atoms with Crippen LogP contribution >= 0.6 is 0 Å². The first kappa shape index (κ1) is 40.1. The van der Waals surface area contributed by atoms with Gasteiger partial charge in [-0.05, 0) is 130 Å². The van der Waals surface area contributed by atoms with Gasteiger partial charge in [0.15, 0.2) is 0 Å². The van der Waals surface area contributed by atoms with Crippen molar-refractivity contribution < 1.29 is 57.1 Å². The molecule has 0 amide bonds. The quantitative estimate of drug-likeness (QED) is 0.0382. The van der Waals surface area contributed by atoms with Crippen molar-refractivity contribution >= 4 is 29.8 Å². The van der Waals surface area contributed by atoms with Crippen LogP contribution in [0.15, 0.2) is 122 Å². The van der Waals surface area contributed by atoms with Crippen LogP contribution in [0.3, 0.4) is 0 Å². The Hall–Kier alpha value is -6.69. The summed E-state index contributed by atoms with van der Waals surface area (Å²) < 4.78 is 37.6. The molecule has 0 aliphatic heterocycles. The van der Waals surface area contributed by atoms with E-state index in [9.17, 15) is 24.0 Å². The van der Waals surface area contributed by atoms with Crippen molar-refractivity contribution in [2.24, 2.45) is 0 Å². The lowest BCUT2D eigenvalue weighted by Crippen LogP contribution is -2.11. The lowest BCUT2D eigenvalue weighted by atomic mass is 10.2. The summed E-state index contributed by atoms with van der Waals surface area (Å²) >= 11 is 0. The monoisotopic (exact) mass is 736 g/mol. The third-order valence-corrected chi connectivity index (χ3v) is 7.33. The van der Waals surface area contributed by atoms with E-state index in [1.807, 2.05) is 0 Å². The number of ether oxygens (including phenoxy) is 7. The van der Waals surface area contributed by atoms with Gasteiger partial charge in [-0.2, -0.15) is 0 Å². The molecule has 0 N–H and O–H groups in total. The van der Waals surface area contributed by atoms with Gasteiger partial charge in [0.25, 0.3) is 0 Å². The Labute approximate surface area is 312 Å². The summed E-state index contributed by atoms with van der Waals surface area (Å²) in [4.78, 5) is 60.4. The van der Waals surface area contributed by atoms with Crippen molar-refractivity contribution in [2.45, 2.75) is 32.6 Å². The maximum Gasteiger partial charge on any atom is 0.343 e. The standard InChI is InChI=1S/C42H40O12/c1-4-38(43)50-27-7-5-25-48-33-17-11-31(12-18-33)41(46)53-36-21-23-37(24-22-36)54-42(47)32-13-19-35(20-14-32)52-40(45)30-9-15-34(16-10-30)49-26-6-8-28-51-39(44)29(2)3/h4,9-24H,1-2,5-8,25-28H2,3H3. The molecule has 0 spiro atoms. The maximum absolute atomic E-state index is 12.7. The lowest BCUT2D eigenvalue weighted by Gasteiger charge is -2.09. The zero-order valence-corrected chi connectivity index (χ0v) is 29.8. The number of esters is 5. The van der Waals surface area contributed by atoms with Gasteiger partial charge in [0, 0.05) is 11.6 Å². The molecule has 0 fully saturated rings. The fraction of sp³-hybridized carbons (Fsp3) is 0.214. The highest BCUT2D eigenvalue weighted by atomic mass is 16.6. The Morgan fingerprint density at radius 1 is 0.481 bits per heavy atom. The normalized spacial score (nSPS) is 10.3. The molecule has 0 radical (unpaired) electrons. The molecule has 280 valence electrons. The summed E-state index contributed by atoms with van der Waals surface area (Å²) in [7, 11) is 0. The molecule has 4 rings (SSSR count). The van der Waals surface area contributed by atoms with Crippen molar-refractivity contribution in [3.63, 3.8) is 0 Å². The highest BCUT2D eigenvalue weighted by Crippen LogP contribution is 2.22. The minimum absolute atomic E-state index is 0.224. The van der Waals surface area contributed by atoms with Crippen LogP contribution < -0.4 is 23.7 Å². The van der Waals surface area contributed by atoms with Gasteiger partial charge in [0.2, 0.25) is 0 Å². The Morgan fingerprint density at radius 3 is 1.15 bits per heavy atom. The Bertz CT molecular complexity index is 1900. The van der Waals surface area contributed by atoms with Crippen molar-refractivity contribution in [1.82, 2.24) is 0 Å². The first-order valence-corrected chi connectivity index (χ1v) is 17.1. The number of unbranched alkanes of at least 4 members (excludes halogenated alkanes) is 2. The maximum atomic E-state index is 12.7. The molecule has 0 saturated carbocycles. The van der Waals surface area contributed by atoms with E-state index in [1.54, 1.807) is 55.5 Å². The highest BCUT2D eigenvalue weighted by molar-refractivity contribution is 5.93. The van der Waals surface area contributed by atoms with Gasteiger partial charge in [-0.25, -0.2) is 24.0 Å². The molecular weight excluding hydrogens is 696 g/mol. The second kappa shape index (κ2) is 21.0. The SMILES string of the molecule is C=CC(=O)OCCCCOc1ccc(C(=O)Oc2ccc(OC(=O)c3ccc(OC(=O)c4ccc(OCCCCOC(=O)C(=C)C)cc4)cc3)cc2)cc1. The number of carbonyl (C=O) groups is 5. The van der Waals surface area contributed by atoms with Crippen LogP contribution in [0.1, 0.15) is 63.7 Å². The van der Waals surface area contributed by atoms with Gasteiger partial charge in [0.05, 0.1) is 43.1 Å². The fourth-order valence-electron chi connectivity index (χ4n) is 4.42. The van der Waals surface area contributed by atoms with Gasteiger partial charge in [-0.1, -0.05) is 13.2 Å². The first-order valence-electron chi connectivity index (χ1n) is 17.1. The van der Waals surface area contributed by atoms with Crippen molar-refractivity contribution in [3.05, 3.63) is 139 Å². The third-order valence-electron chi connectivity index (χ3n) is 7.33. The largest absolute Gasteiger partial charge is 0.494 e. The molecule has 4 aromatic carbocycles. The molecule has 12 nitrogen and oxygen atoms in total. The van der Waals surface area contributed by atoms with E-state index in [2.05, 4.69) is 13.2 Å². The van der Waals surface area contributed by atoms with Crippen molar-refractivity contribution in [1.29, 1.82) is 0 Å². The molecule has 0 saturated heterocycles. The molecule has 4 aromatic rings. The zero-order valence-electron chi connectivity index (χ0n) is 29.8. The third kappa shape index (κ3) is 13.5. The van der Waals surface area contributed by atoms with E-state index in [4.69, 9.17) is 33.2 Å². The van der Waals surface area contributed by atoms with Crippen LogP contribution in [-0.2, 0) is 19.1 Å². The van der Waals surface area contributed by atoms with Crippen LogP contribution in [-0.4, -0.2) is 56.3 Å². The molecule has 0 atom stereocenters. The summed E-state index contributed by atoms with van der Waals surface area (Å²) in [5, 5.41) is 0. The topological polar surface area (TPSA) is 150 Å². The van der Waals surface area contributed by atoms with E-state index in [1.165, 1.54) is 48.5 Å². The minimum Gasteiger partial charge on any atom is -0.494 e. The number of benzene rings is 4. The second-order valence-corrected chi connectivity index (χ2v) is 11.6. The molecule has 0 aromatic heterocycles. The van der Waals surface area contributed by atoms with Crippen molar-refractivity contribution in [3.8, 4) is 28.7 Å². The van der Waals surface area contributed by atoms with Crippen LogP contribution in [0.25, 0.3) is 0 Å². The smallest absolute Gasteiger partial charge is 0.343 e. The zero-order chi connectivity index (χ0) is 38.7. The molecule has 0 unspecified atom stereocenters. The molecule has 12 heteroatoms. The van der Waals surface area contributed by atoms with Crippen LogP contribution in [0, 0.1) is 0 Å². The van der Waals surface area contributed by atoms with E-state index < -0.39 is 29.8 Å². The van der Waals surface area contributed by atoms with Crippen LogP contribution in [0.5, 0.6) is 28.7 Å². The Balaban J connectivity index is 1.16. The number of hydrogen-bond donors (Lipinski definition) is 0. The summed E-state index contributed by atoms with van der Waals surface area (Å²) in [6, 6.07) is 24.8. The van der Waals surface area contributed by atoms with Gasteiger partial charge in [0.1, 0.15) is 28.7 Å². The van der Waals surface area contributed by atoms with Gasteiger partial charge < -0.3 is 33.2 Å². The predicted octanol–water partition coefficient (Wildman–Crippen LogP) is 7.51. The predicted molar refractivity (Wildman–Crippen MR) is 197 cm³/mol. The highest BCUT2D eigenvalue weighted by Gasteiger charge is 2.14. The van der Waals surface area contributed by atoms with Gasteiger partial charge in [-0.15, -0.1) is 0 Å². The average Bonchev–Trinajstić information content (AvgIpc) is 3.18. The molecule has 0 aliphatic rings. The van der Waals surface area contributed by atoms with Gasteiger partial charge in [-0.3, -0.25) is 0 Å². The first-order chi connectivity index (χ1) is 26.1. The molecule has 0 heterocycles. The summed E-state index contributed by atoms with van der Waals surface area (Å²) in [6.45, 7) is 9.88. The van der Waals surface area contributed by atoms with E-state index >= 15 is 0 Å². The fourth-order valence-corrected chi connectivity index (χ4v) is 4.42.